The standard InChI is InChI=1S/C30H41N7O3.C24H35N5O3.C23H33N5O4.C16H23N5O2.C8H12O2.C7H10N2.C2H4O2/c1-17-5-7-23(22(31)11-17)35-25(38)8-6-18-12-20(13-18)36(4)15-19-14-24(27-26(19)39-30(2,3)40-27)37-10-9-21-28(32)33-16-34-29(21)37;1-14(30)5-6-15-9-17(10-15)28(4)12-16-11-19(21-20(16)31-24(2,3)32-21)29-8-7-18-22(25)26-13-27-23(18)29;1-23(2)31-19-14(11-27(3)15-8-13(9-15)4-5-18(29)30)10-17(20(19)32-23)28-7-6-16-21(24)25-12-26-22(16)28;1-16(2)22-12-9(7-18-3)6-11(13(12)23-16)21-5-4-10-14(17)19-8-20-15(10)21;1-6(9)2-3-7-4-8(10)5-7;1-5-2-3-6(8)7(9)4-5;1-2(3)4/h5,7,9-11,16,18-20,24,26-27H,6,8,12-15,31H2,1-4H3,(H,35,38)(H2,32,33,34);7-8,13,15-17,19-21H,5-6,9-12H2,1-4H3,(H2,25,26,27);6-7,12-15,17,19-20H,4-5,8-11H2,1-3H3,(H,29,30)(H2,24,25,26);4-5,8-9,11-13,18H,6-7H2,1-3H3,(H2,17,19,20);7H,2-5H2,1H3;2-4H,8-9H2,1H3;1H3,(H,3,4)/t18?,19-,20?,24-,26-,27+;15?,16-,17?,19-,20-,21+;13?,14-,15?,17-,19-,20+;9-,11-,12-,13+;;;/m1111.../s1. The third-order valence-corrected chi connectivity index (χ3v) is 32.4. The fourth-order valence-corrected chi connectivity index (χ4v) is 24.8. The summed E-state index contributed by atoms with van der Waals surface area (Å²) < 4.78 is 59.6. The highest BCUT2D eigenvalue weighted by atomic mass is 16.8. The molecule has 0 radical (unpaired) electrons. The van der Waals surface area contributed by atoms with Gasteiger partial charge in [-0.3, -0.25) is 19.2 Å². The number of carboxylic acid groups (broad SMARTS) is 2. The summed E-state index contributed by atoms with van der Waals surface area (Å²) in [4.78, 5) is 106. The number of amides is 1. The molecular weight excluding hydrogens is 1910 g/mol. The summed E-state index contributed by atoms with van der Waals surface area (Å²) in [6, 6.07) is 21.5. The van der Waals surface area contributed by atoms with Crippen molar-refractivity contribution in [1.82, 2.24) is 78.2 Å². The molecule has 8 aromatic heterocycles. The maximum atomic E-state index is 12.5. The first kappa shape index (κ1) is 111. The van der Waals surface area contributed by atoms with Crippen LogP contribution in [0.3, 0.4) is 0 Å². The molecule has 18 N–H and O–H groups in total. The fraction of sp³-hybridized carbons (Fsp3) is 0.618. The van der Waals surface area contributed by atoms with E-state index in [2.05, 4.69) is 117 Å². The Morgan fingerprint density at radius 2 is 0.680 bits per heavy atom. The van der Waals surface area contributed by atoms with Gasteiger partial charge in [0, 0.05) is 138 Å². The van der Waals surface area contributed by atoms with E-state index in [4.69, 9.17) is 93.0 Å². The zero-order valence-corrected chi connectivity index (χ0v) is 90.0. The molecule has 0 spiro atoms. The highest BCUT2D eigenvalue weighted by molar-refractivity contribution is 5.94. The van der Waals surface area contributed by atoms with Gasteiger partial charge in [0.05, 0.1) is 92.9 Å². The number of nitrogen functional groups attached to an aromatic ring is 7. The number of rotatable bonds is 28. The van der Waals surface area contributed by atoms with Crippen molar-refractivity contribution in [1.29, 1.82) is 0 Å². The Kier molecular flexibility index (Phi) is 34.5. The number of aromatic nitrogens is 12. The van der Waals surface area contributed by atoms with Crippen LogP contribution in [0, 0.1) is 61.2 Å². The number of nitrogens with two attached hydrogens (primary N) is 7. The van der Waals surface area contributed by atoms with Crippen LogP contribution in [0.15, 0.2) is 111 Å². The number of ketones is 3. The molecule has 4 aliphatic heterocycles. The molecular formula is C110H158N24O16. The molecule has 8 saturated carbocycles. The number of hydrogen-bond acceptors (Lipinski definition) is 33. The van der Waals surface area contributed by atoms with E-state index in [9.17, 15) is 24.0 Å². The van der Waals surface area contributed by atoms with Crippen molar-refractivity contribution in [2.45, 2.75) is 333 Å². The van der Waals surface area contributed by atoms with Gasteiger partial charge in [0.1, 0.15) is 113 Å². The smallest absolute Gasteiger partial charge is 0.303 e. The number of nitrogens with one attached hydrogen (secondary N) is 2. The van der Waals surface area contributed by atoms with Crippen molar-refractivity contribution in [2.75, 3.05) is 99.8 Å². The first-order chi connectivity index (χ1) is 71.1. The maximum Gasteiger partial charge on any atom is 0.303 e. The average Bonchev–Trinajstić information content (AvgIpc) is 1.60. The summed E-state index contributed by atoms with van der Waals surface area (Å²) in [6.07, 6.45) is 32.2. The van der Waals surface area contributed by atoms with Crippen LogP contribution >= 0.6 is 0 Å². The second kappa shape index (κ2) is 46.6. The van der Waals surface area contributed by atoms with Gasteiger partial charge >= 0.3 is 5.97 Å². The van der Waals surface area contributed by atoms with Gasteiger partial charge in [0.25, 0.3) is 5.97 Å². The Morgan fingerprint density at radius 1 is 0.387 bits per heavy atom. The minimum Gasteiger partial charge on any atom is -0.481 e. The average molecular weight is 2070 g/mol. The van der Waals surface area contributed by atoms with E-state index in [1.54, 1.807) is 13.8 Å². The number of carbonyl (C=O) groups is 6. The van der Waals surface area contributed by atoms with Gasteiger partial charge in [-0.1, -0.05) is 12.1 Å². The molecule has 4 saturated heterocycles. The van der Waals surface area contributed by atoms with Crippen LogP contribution in [-0.2, 0) is 66.7 Å². The number of aryl methyl sites for hydroxylation is 2. The quantitative estimate of drug-likeness (QED) is 0.0203. The molecule has 0 bridgehead atoms. The zero-order chi connectivity index (χ0) is 108. The molecule has 10 aromatic rings. The lowest BCUT2D eigenvalue weighted by molar-refractivity contribution is -0.161. The lowest BCUT2D eigenvalue weighted by atomic mass is 9.76. The number of benzene rings is 2. The Bertz CT molecular complexity index is 6230. The molecule has 12 heterocycles. The van der Waals surface area contributed by atoms with Crippen LogP contribution in [0.2, 0.25) is 0 Å². The molecule has 40 nitrogen and oxygen atoms in total. The number of hydrogen-bond donors (Lipinski definition) is 11. The van der Waals surface area contributed by atoms with E-state index in [1.165, 1.54) is 38.2 Å². The number of carboxylic acids is 2. The fourth-order valence-electron chi connectivity index (χ4n) is 24.8. The summed E-state index contributed by atoms with van der Waals surface area (Å²) in [6.45, 7) is 28.0. The van der Waals surface area contributed by atoms with Gasteiger partial charge in [-0.15, -0.1) is 0 Å². The van der Waals surface area contributed by atoms with E-state index in [0.717, 1.165) is 165 Å². The van der Waals surface area contributed by atoms with E-state index in [1.807, 2.05) is 149 Å². The highest BCUT2D eigenvalue weighted by Gasteiger charge is 2.60. The summed E-state index contributed by atoms with van der Waals surface area (Å²) in [7, 11) is 8.60. The first-order valence-corrected chi connectivity index (χ1v) is 53.3. The topological polar surface area (TPSA) is 555 Å². The number of fused-ring (bicyclic) bond motifs is 8. The summed E-state index contributed by atoms with van der Waals surface area (Å²) in [5, 5.41) is 26.1. The minimum absolute atomic E-state index is 0.0140. The van der Waals surface area contributed by atoms with Gasteiger partial charge in [0.15, 0.2) is 23.1 Å². The van der Waals surface area contributed by atoms with Gasteiger partial charge in [-0.05, 0) is 284 Å². The monoisotopic (exact) mass is 2070 g/mol. The van der Waals surface area contributed by atoms with Gasteiger partial charge in [0.2, 0.25) is 5.91 Å². The van der Waals surface area contributed by atoms with E-state index >= 15 is 0 Å². The third-order valence-electron chi connectivity index (χ3n) is 32.4. The largest absolute Gasteiger partial charge is 0.481 e. The molecule has 0 unspecified atom stereocenters. The van der Waals surface area contributed by atoms with E-state index < -0.39 is 35.1 Å². The number of carbonyl (C=O) groups excluding carboxylic acids is 4. The molecule has 814 valence electrons. The van der Waals surface area contributed by atoms with Gasteiger partial charge in [-0.25, -0.2) is 39.9 Å². The zero-order valence-electron chi connectivity index (χ0n) is 90.0. The summed E-state index contributed by atoms with van der Waals surface area (Å²) in [5.74, 6) is 2.82. The number of nitrogens with zero attached hydrogens (tertiary/aromatic N) is 15. The molecule has 16 atom stereocenters. The molecule has 8 aliphatic carbocycles. The highest BCUT2D eigenvalue weighted by Crippen LogP contribution is 2.55. The molecule has 40 heteroatoms. The van der Waals surface area contributed by atoms with Crippen LogP contribution in [0.4, 0.5) is 46.0 Å². The van der Waals surface area contributed by atoms with Crippen molar-refractivity contribution in [3.63, 3.8) is 0 Å². The van der Waals surface area contributed by atoms with Crippen LogP contribution in [0.1, 0.15) is 240 Å². The molecule has 12 fully saturated rings. The molecule has 22 rings (SSSR count). The Balaban J connectivity index is 0.000000134. The molecule has 12 aliphatic rings. The number of anilines is 8. The van der Waals surface area contributed by atoms with Crippen LogP contribution in [-0.4, -0.2) is 263 Å². The maximum absolute atomic E-state index is 12.5. The van der Waals surface area contributed by atoms with Crippen LogP contribution in [0.5, 0.6) is 0 Å². The summed E-state index contributed by atoms with van der Waals surface area (Å²) in [5.41, 5.74) is 49.4. The van der Waals surface area contributed by atoms with Crippen molar-refractivity contribution in [3.8, 4) is 0 Å². The molecule has 1 amide bonds. The first-order valence-electron chi connectivity index (χ1n) is 53.3. The molecule has 150 heavy (non-hydrogen) atoms. The van der Waals surface area contributed by atoms with Gasteiger partial charge in [-0.2, -0.15) is 0 Å². The molecule has 2 aromatic carbocycles. The Hall–Kier alpha value is -11.5. The Labute approximate surface area is 877 Å². The third kappa shape index (κ3) is 26.1. The number of aliphatic carboxylic acids is 2. The van der Waals surface area contributed by atoms with Crippen LogP contribution in [0.25, 0.3) is 44.1 Å². The number of ether oxygens (including phenoxy) is 8. The second-order valence-electron chi connectivity index (χ2n) is 45.8. The predicted molar refractivity (Wildman–Crippen MR) is 574 cm³/mol. The van der Waals surface area contributed by atoms with Crippen molar-refractivity contribution in [3.05, 3.63) is 122 Å². The van der Waals surface area contributed by atoms with Crippen molar-refractivity contribution < 1.29 is 76.9 Å². The van der Waals surface area contributed by atoms with Crippen LogP contribution < -0.4 is 50.8 Å². The lowest BCUT2D eigenvalue weighted by Crippen LogP contribution is -2.46. The SMILES string of the molecule is CC(=O)CCC1CC(=O)C1.CC(=O)CCC1CC(N(C)C[C@H]2C[C@@H](n3ccc4c(N)ncnc43)[C@@H]3OC(C)(C)O[C@H]23)C1.CC(=O)O.CN(C[C@H]1C[C@@H](n2ccc3c(N)ncnc32)[C@@H]2OC(C)(C)O[C@H]12)C1CC(CCC(=O)O)C1.CNC[C@H]1C[C@@H](n2ccc3c(N)ncnc32)[C@@H]2OC(C)(C)O[C@H]12.Cc1ccc(N)c(N)c1.Cc1ccc(NC(=O)CCC2CC(N(C)C[C@H]3C[C@@H](n4ccc5c(N)ncnc54)[C@@H]4OC(C)(C)O[C@H]34)C2)c(N)c1. The van der Waals surface area contributed by atoms with Crippen molar-refractivity contribution in [2.24, 2.45) is 47.3 Å². The normalized spacial score (nSPS) is 29.0. The second-order valence-corrected chi connectivity index (χ2v) is 45.8. The number of Topliss-reactive ketones (excluding diaryl/α,β-unsaturated/α-hetero) is 3. The predicted octanol–water partition coefficient (Wildman–Crippen LogP) is 13.9. The Morgan fingerprint density at radius 3 is 0.980 bits per heavy atom. The van der Waals surface area contributed by atoms with E-state index in [-0.39, 0.29) is 91.1 Å². The lowest BCUT2D eigenvalue weighted by Gasteiger charge is -2.42. The van der Waals surface area contributed by atoms with E-state index in [0.29, 0.717) is 155 Å². The van der Waals surface area contributed by atoms with Crippen molar-refractivity contribution >= 4 is 125 Å². The van der Waals surface area contributed by atoms with Gasteiger partial charge < -0.3 is 141 Å². The minimum atomic E-state index is -0.833. The summed E-state index contributed by atoms with van der Waals surface area (Å²) >= 11 is 0.